The first-order valence-electron chi connectivity index (χ1n) is 2.85. The third-order valence-electron chi connectivity index (χ3n) is 0.984. The number of carboxylic acid groups (broad SMARTS) is 1. The first kappa shape index (κ1) is 7.88. The Morgan fingerprint density at radius 3 is 2.82 bits per heavy atom. The fraction of sp³-hybridized carbons (Fsp3) is 0. The first-order chi connectivity index (χ1) is 5.18. The van der Waals surface area contributed by atoms with E-state index in [1.54, 1.807) is 12.1 Å². The van der Waals surface area contributed by atoms with E-state index in [0.717, 1.165) is 6.08 Å². The molecule has 0 amide bonds. The summed E-state index contributed by atoms with van der Waals surface area (Å²) in [6.45, 7) is 0. The van der Waals surface area contributed by atoms with Crippen LogP contribution in [0.3, 0.4) is 0 Å². The Kier molecular flexibility index (Phi) is 2.33. The molecule has 0 unspecified atom stereocenters. The molecule has 1 N–H and O–H groups in total. The van der Waals surface area contributed by atoms with Crippen LogP contribution < -0.4 is 0 Å². The molecule has 0 radical (unpaired) electrons. The van der Waals surface area contributed by atoms with Crippen LogP contribution in [-0.4, -0.2) is 11.1 Å². The molecule has 1 aromatic rings. The number of carboxylic acids is 1. The smallest absolute Gasteiger partial charge is 0.328 e. The monoisotopic (exact) mass is 172 g/mol. The van der Waals surface area contributed by atoms with Gasteiger partial charge in [-0.15, -0.1) is 0 Å². The molecular weight excluding hydrogens is 168 g/mol. The van der Waals surface area contributed by atoms with E-state index in [4.69, 9.17) is 21.1 Å². The van der Waals surface area contributed by atoms with Gasteiger partial charge in [0.1, 0.15) is 5.76 Å². The first-order valence-corrected chi connectivity index (χ1v) is 3.22. The van der Waals surface area contributed by atoms with Gasteiger partial charge in [0.2, 0.25) is 0 Å². The summed E-state index contributed by atoms with van der Waals surface area (Å²) in [5, 5.41) is 8.47. The molecule has 0 bridgehead atoms. The van der Waals surface area contributed by atoms with Gasteiger partial charge in [0, 0.05) is 6.08 Å². The summed E-state index contributed by atoms with van der Waals surface area (Å²) >= 11 is 5.43. The minimum atomic E-state index is -1.02. The van der Waals surface area contributed by atoms with E-state index >= 15 is 0 Å². The Labute approximate surface area is 67.9 Å². The largest absolute Gasteiger partial charge is 0.478 e. The van der Waals surface area contributed by atoms with E-state index in [1.807, 2.05) is 0 Å². The third-order valence-corrected chi connectivity index (χ3v) is 1.19. The summed E-state index contributed by atoms with van der Waals surface area (Å²) in [4.78, 5) is 10.0. The molecule has 1 heterocycles. The summed E-state index contributed by atoms with van der Waals surface area (Å²) in [5.74, 6) is -0.588. The highest BCUT2D eigenvalue weighted by Gasteiger charge is 1.94. The molecule has 0 saturated carbocycles. The Morgan fingerprint density at radius 1 is 1.64 bits per heavy atom. The maximum Gasteiger partial charge on any atom is 0.328 e. The molecule has 0 aliphatic rings. The molecule has 0 atom stereocenters. The lowest BCUT2D eigenvalue weighted by Crippen LogP contribution is -1.84. The minimum Gasteiger partial charge on any atom is -0.478 e. The molecule has 0 aliphatic heterocycles. The van der Waals surface area contributed by atoms with Gasteiger partial charge in [0.05, 0.1) is 0 Å². The summed E-state index contributed by atoms with van der Waals surface area (Å²) in [6.07, 6.45) is 2.31. The van der Waals surface area contributed by atoms with Gasteiger partial charge in [-0.3, -0.25) is 0 Å². The molecule has 0 spiro atoms. The lowest BCUT2D eigenvalue weighted by atomic mass is 10.4. The van der Waals surface area contributed by atoms with Crippen molar-refractivity contribution in [3.8, 4) is 0 Å². The standard InChI is InChI=1S/C7H5ClO3/c8-6-3-1-5(11-6)2-4-7(9)10/h1-4H,(H,9,10)/b4-2-. The van der Waals surface area contributed by atoms with Crippen molar-refractivity contribution < 1.29 is 14.3 Å². The Hall–Kier alpha value is -1.22. The van der Waals surface area contributed by atoms with E-state index in [2.05, 4.69) is 0 Å². The van der Waals surface area contributed by atoms with Crippen molar-refractivity contribution in [2.45, 2.75) is 0 Å². The predicted octanol–water partition coefficient (Wildman–Crippen LogP) is 2.03. The summed E-state index contributed by atoms with van der Waals surface area (Å²) in [7, 11) is 0. The van der Waals surface area contributed by atoms with Gasteiger partial charge in [-0.25, -0.2) is 4.79 Å². The van der Waals surface area contributed by atoms with Gasteiger partial charge >= 0.3 is 5.97 Å². The topological polar surface area (TPSA) is 50.4 Å². The number of aliphatic carboxylic acids is 1. The zero-order valence-electron chi connectivity index (χ0n) is 5.45. The number of hydrogen-bond acceptors (Lipinski definition) is 2. The zero-order chi connectivity index (χ0) is 8.27. The van der Waals surface area contributed by atoms with Gasteiger partial charge < -0.3 is 9.52 Å². The van der Waals surface area contributed by atoms with Crippen LogP contribution in [0.25, 0.3) is 6.08 Å². The minimum absolute atomic E-state index is 0.245. The SMILES string of the molecule is O=C(O)/C=C\c1ccc(Cl)o1. The molecule has 0 saturated heterocycles. The highest BCUT2D eigenvalue weighted by atomic mass is 35.5. The van der Waals surface area contributed by atoms with Gasteiger partial charge in [-0.2, -0.15) is 0 Å². The number of carbonyl (C=O) groups is 1. The van der Waals surface area contributed by atoms with Crippen molar-refractivity contribution in [2.24, 2.45) is 0 Å². The fourth-order valence-electron chi connectivity index (χ4n) is 0.571. The molecule has 0 fully saturated rings. The predicted molar refractivity (Wildman–Crippen MR) is 40.4 cm³/mol. The molecule has 1 rings (SSSR count). The van der Waals surface area contributed by atoms with Crippen LogP contribution >= 0.6 is 11.6 Å². The molecule has 3 nitrogen and oxygen atoms in total. The number of furan rings is 1. The number of hydrogen-bond donors (Lipinski definition) is 1. The van der Waals surface area contributed by atoms with E-state index in [9.17, 15) is 4.79 Å². The second-order valence-electron chi connectivity index (χ2n) is 1.81. The zero-order valence-corrected chi connectivity index (χ0v) is 6.21. The lowest BCUT2D eigenvalue weighted by Gasteiger charge is -1.80. The highest BCUT2D eigenvalue weighted by molar-refractivity contribution is 6.28. The summed E-state index contributed by atoms with van der Waals surface area (Å²) < 4.78 is 4.85. The molecule has 0 aliphatic carbocycles. The van der Waals surface area contributed by atoms with Gasteiger partial charge in [-0.05, 0) is 29.8 Å². The highest BCUT2D eigenvalue weighted by Crippen LogP contribution is 2.13. The normalized spacial score (nSPS) is 10.6. The van der Waals surface area contributed by atoms with Crippen LogP contribution in [0.5, 0.6) is 0 Å². The fourth-order valence-corrected chi connectivity index (χ4v) is 0.723. The average Bonchev–Trinajstić information content (AvgIpc) is 2.31. The van der Waals surface area contributed by atoms with Crippen LogP contribution in [0.4, 0.5) is 0 Å². The summed E-state index contributed by atoms with van der Waals surface area (Å²) in [5.41, 5.74) is 0. The number of rotatable bonds is 2. The van der Waals surface area contributed by atoms with Crippen molar-refractivity contribution >= 4 is 23.6 Å². The van der Waals surface area contributed by atoms with E-state index in [-0.39, 0.29) is 5.22 Å². The molecule has 1 aromatic heterocycles. The Bertz CT molecular complexity index is 288. The molecular formula is C7H5ClO3. The van der Waals surface area contributed by atoms with Crippen LogP contribution in [0.1, 0.15) is 5.76 Å². The maximum atomic E-state index is 10.0. The number of halogens is 1. The van der Waals surface area contributed by atoms with Crippen molar-refractivity contribution in [3.63, 3.8) is 0 Å². The quantitative estimate of drug-likeness (QED) is 0.695. The van der Waals surface area contributed by atoms with Gasteiger partial charge in [0.25, 0.3) is 0 Å². The molecule has 11 heavy (non-hydrogen) atoms. The molecule has 4 heteroatoms. The van der Waals surface area contributed by atoms with Crippen LogP contribution in [0.2, 0.25) is 5.22 Å². The maximum absolute atomic E-state index is 10.0. The van der Waals surface area contributed by atoms with Gasteiger partial charge in [-0.1, -0.05) is 0 Å². The van der Waals surface area contributed by atoms with E-state index < -0.39 is 5.97 Å². The van der Waals surface area contributed by atoms with Crippen LogP contribution in [0, 0.1) is 0 Å². The second-order valence-corrected chi connectivity index (χ2v) is 2.19. The lowest BCUT2D eigenvalue weighted by molar-refractivity contribution is -0.131. The van der Waals surface area contributed by atoms with Gasteiger partial charge in [0.15, 0.2) is 5.22 Å². The third kappa shape index (κ3) is 2.47. The van der Waals surface area contributed by atoms with Crippen LogP contribution in [-0.2, 0) is 4.79 Å². The Balaban J connectivity index is 2.71. The van der Waals surface area contributed by atoms with Crippen molar-refractivity contribution in [1.82, 2.24) is 0 Å². The van der Waals surface area contributed by atoms with Crippen LogP contribution in [0.15, 0.2) is 22.6 Å². The van der Waals surface area contributed by atoms with Crippen molar-refractivity contribution in [3.05, 3.63) is 29.2 Å². The Morgan fingerprint density at radius 2 is 2.36 bits per heavy atom. The molecule has 58 valence electrons. The van der Waals surface area contributed by atoms with E-state index in [1.165, 1.54) is 6.08 Å². The van der Waals surface area contributed by atoms with Crippen molar-refractivity contribution in [1.29, 1.82) is 0 Å². The average molecular weight is 173 g/mol. The van der Waals surface area contributed by atoms with Crippen molar-refractivity contribution in [2.75, 3.05) is 0 Å². The summed E-state index contributed by atoms with van der Waals surface area (Å²) in [6, 6.07) is 3.13. The molecule has 0 aromatic carbocycles. The van der Waals surface area contributed by atoms with E-state index in [0.29, 0.717) is 5.76 Å². The second kappa shape index (κ2) is 3.25.